The van der Waals surface area contributed by atoms with Crippen LogP contribution < -0.4 is 0 Å². The lowest BCUT2D eigenvalue weighted by atomic mass is 9.94. The molecule has 1 heterocycles. The Kier molecular flexibility index (Phi) is 4.67. The van der Waals surface area contributed by atoms with Crippen LogP contribution in [0, 0.1) is 17.6 Å². The van der Waals surface area contributed by atoms with Crippen molar-refractivity contribution in [3.8, 4) is 0 Å². The van der Waals surface area contributed by atoms with Crippen LogP contribution in [0.1, 0.15) is 12.0 Å². The fraction of sp³-hybridized carbons (Fsp3) is 0.500. The predicted molar refractivity (Wildman–Crippen MR) is 67.8 cm³/mol. The summed E-state index contributed by atoms with van der Waals surface area (Å²) in [4.78, 5) is 13.4. The summed E-state index contributed by atoms with van der Waals surface area (Å²) >= 11 is 0. The minimum atomic E-state index is -0.803. The average Bonchev–Trinajstić information content (AvgIpc) is 2.42. The van der Waals surface area contributed by atoms with Crippen LogP contribution in [0.2, 0.25) is 0 Å². The minimum absolute atomic E-state index is 0.0835. The third-order valence-corrected chi connectivity index (χ3v) is 3.70. The second-order valence-electron chi connectivity index (χ2n) is 5.02. The first-order valence-electron chi connectivity index (χ1n) is 6.52. The second kappa shape index (κ2) is 6.28. The Bertz CT molecular complexity index is 475. The molecular weight excluding hydrogens is 268 g/mol. The summed E-state index contributed by atoms with van der Waals surface area (Å²) in [6.45, 7) is 0.322. The van der Waals surface area contributed by atoms with E-state index in [9.17, 15) is 18.7 Å². The number of aliphatic hydroxyl groups excluding tert-OH is 2. The molecule has 0 saturated carbocycles. The Labute approximate surface area is 115 Å². The van der Waals surface area contributed by atoms with Crippen molar-refractivity contribution in [3.05, 3.63) is 35.4 Å². The van der Waals surface area contributed by atoms with Crippen LogP contribution >= 0.6 is 0 Å². The lowest BCUT2D eigenvalue weighted by molar-refractivity contribution is -0.135. The molecule has 110 valence electrons. The van der Waals surface area contributed by atoms with Gasteiger partial charge < -0.3 is 15.1 Å². The molecule has 0 radical (unpaired) electrons. The number of carbonyl (C=O) groups is 1. The fourth-order valence-corrected chi connectivity index (χ4v) is 2.38. The van der Waals surface area contributed by atoms with Gasteiger partial charge in [0, 0.05) is 31.2 Å². The van der Waals surface area contributed by atoms with Crippen molar-refractivity contribution in [1.29, 1.82) is 0 Å². The quantitative estimate of drug-likeness (QED) is 0.860. The molecule has 4 nitrogen and oxygen atoms in total. The monoisotopic (exact) mass is 285 g/mol. The lowest BCUT2D eigenvalue weighted by Crippen LogP contribution is -2.48. The molecule has 1 amide bonds. The van der Waals surface area contributed by atoms with Gasteiger partial charge in [0.25, 0.3) is 0 Å². The Balaban J connectivity index is 2.03. The molecular formula is C14H17F2NO3. The third kappa shape index (κ3) is 3.13. The molecule has 1 aliphatic heterocycles. The second-order valence-corrected chi connectivity index (χ2v) is 5.02. The Morgan fingerprint density at radius 3 is 2.55 bits per heavy atom. The van der Waals surface area contributed by atoms with Crippen molar-refractivity contribution in [3.63, 3.8) is 0 Å². The highest BCUT2D eigenvalue weighted by atomic mass is 19.1. The molecule has 6 heteroatoms. The van der Waals surface area contributed by atoms with E-state index in [2.05, 4.69) is 0 Å². The van der Waals surface area contributed by atoms with Crippen LogP contribution in [-0.4, -0.2) is 46.8 Å². The van der Waals surface area contributed by atoms with Gasteiger partial charge in [0.1, 0.15) is 11.6 Å². The number of aliphatic hydroxyl groups is 2. The van der Waals surface area contributed by atoms with Crippen LogP contribution in [0.25, 0.3) is 0 Å². The van der Waals surface area contributed by atoms with Crippen LogP contribution in [0.4, 0.5) is 8.78 Å². The number of hydrogen-bond donors (Lipinski definition) is 2. The van der Waals surface area contributed by atoms with Gasteiger partial charge in [-0.3, -0.25) is 4.79 Å². The maximum absolute atomic E-state index is 13.5. The van der Waals surface area contributed by atoms with Gasteiger partial charge in [-0.25, -0.2) is 8.78 Å². The van der Waals surface area contributed by atoms with Crippen LogP contribution in [0.5, 0.6) is 0 Å². The van der Waals surface area contributed by atoms with E-state index in [-0.39, 0.29) is 31.1 Å². The van der Waals surface area contributed by atoms with Gasteiger partial charge in [-0.15, -0.1) is 0 Å². The van der Waals surface area contributed by atoms with Crippen molar-refractivity contribution in [2.75, 3.05) is 19.7 Å². The molecule has 0 bridgehead atoms. The maximum atomic E-state index is 13.5. The third-order valence-electron chi connectivity index (χ3n) is 3.70. The lowest BCUT2D eigenvalue weighted by Gasteiger charge is -2.35. The van der Waals surface area contributed by atoms with E-state index < -0.39 is 23.6 Å². The Morgan fingerprint density at radius 1 is 1.35 bits per heavy atom. The first kappa shape index (κ1) is 14.9. The zero-order valence-electron chi connectivity index (χ0n) is 10.9. The van der Waals surface area contributed by atoms with E-state index >= 15 is 0 Å². The van der Waals surface area contributed by atoms with E-state index in [1.54, 1.807) is 0 Å². The summed E-state index contributed by atoms with van der Waals surface area (Å²) in [6, 6.07) is 3.46. The first-order chi connectivity index (χ1) is 9.52. The fourth-order valence-electron chi connectivity index (χ4n) is 2.38. The summed E-state index contributed by atoms with van der Waals surface area (Å²) in [6.07, 6.45) is -0.693. The number of rotatable bonds is 3. The van der Waals surface area contributed by atoms with Crippen LogP contribution in [0.3, 0.4) is 0 Å². The number of β-amino-alcohol motifs (C(OH)–C–C–N with tert-alkyl or cyclic N) is 1. The number of halogens is 2. The molecule has 2 atom stereocenters. The van der Waals surface area contributed by atoms with Gasteiger partial charge in [-0.2, -0.15) is 0 Å². The van der Waals surface area contributed by atoms with Gasteiger partial charge in [-0.1, -0.05) is 6.07 Å². The summed E-state index contributed by atoms with van der Waals surface area (Å²) in [5.74, 6) is -2.16. The van der Waals surface area contributed by atoms with Crippen molar-refractivity contribution >= 4 is 5.91 Å². The highest BCUT2D eigenvalue weighted by molar-refractivity contribution is 5.79. The van der Waals surface area contributed by atoms with Gasteiger partial charge in [0.2, 0.25) is 5.91 Å². The summed E-state index contributed by atoms with van der Waals surface area (Å²) in [7, 11) is 0. The molecule has 1 aromatic rings. The summed E-state index contributed by atoms with van der Waals surface area (Å²) in [5.41, 5.74) is -0.253. The number of benzene rings is 1. The molecule has 1 fully saturated rings. The smallest absolute Gasteiger partial charge is 0.227 e. The molecule has 2 N–H and O–H groups in total. The normalized spacial score (nSPS) is 22.9. The molecule has 1 saturated heterocycles. The standard InChI is InChI=1S/C14H17F2NO3/c15-11-2-1-3-12(16)10(11)6-14(20)17-5-4-9(8-18)13(19)7-17/h1-3,9,13,18-19H,4-8H2/t9-,13+/m0/s1. The molecule has 0 aliphatic carbocycles. The number of amides is 1. The molecule has 2 rings (SSSR count). The van der Waals surface area contributed by atoms with E-state index in [1.807, 2.05) is 0 Å². The summed E-state index contributed by atoms with van der Waals surface area (Å²) in [5, 5.41) is 18.8. The number of carbonyl (C=O) groups excluding carboxylic acids is 1. The summed E-state index contributed by atoms with van der Waals surface area (Å²) < 4.78 is 27.0. The van der Waals surface area contributed by atoms with Gasteiger partial charge >= 0.3 is 0 Å². The largest absolute Gasteiger partial charge is 0.396 e. The van der Waals surface area contributed by atoms with Crippen molar-refractivity contribution in [1.82, 2.24) is 4.90 Å². The maximum Gasteiger partial charge on any atom is 0.227 e. The Morgan fingerprint density at radius 2 is 2.00 bits per heavy atom. The topological polar surface area (TPSA) is 60.8 Å². The van der Waals surface area contributed by atoms with E-state index in [0.29, 0.717) is 13.0 Å². The van der Waals surface area contributed by atoms with Gasteiger partial charge in [-0.05, 0) is 18.6 Å². The molecule has 1 aromatic carbocycles. The minimum Gasteiger partial charge on any atom is -0.396 e. The molecule has 0 spiro atoms. The highest BCUT2D eigenvalue weighted by Crippen LogP contribution is 2.19. The molecule has 1 aliphatic rings. The number of nitrogens with zero attached hydrogens (tertiary/aromatic N) is 1. The van der Waals surface area contributed by atoms with Crippen LogP contribution in [0.15, 0.2) is 18.2 Å². The van der Waals surface area contributed by atoms with Crippen molar-refractivity contribution < 1.29 is 23.8 Å². The SMILES string of the molecule is O=C(Cc1c(F)cccc1F)N1CC[C@@H](CO)[C@H](O)C1. The number of hydrogen-bond acceptors (Lipinski definition) is 3. The van der Waals surface area contributed by atoms with Crippen molar-refractivity contribution in [2.24, 2.45) is 5.92 Å². The predicted octanol–water partition coefficient (Wildman–Crippen LogP) is 0.709. The zero-order chi connectivity index (χ0) is 14.7. The van der Waals surface area contributed by atoms with E-state index in [1.165, 1.54) is 11.0 Å². The van der Waals surface area contributed by atoms with E-state index in [4.69, 9.17) is 5.11 Å². The average molecular weight is 285 g/mol. The molecule has 0 aromatic heterocycles. The highest BCUT2D eigenvalue weighted by Gasteiger charge is 2.30. The zero-order valence-corrected chi connectivity index (χ0v) is 10.9. The van der Waals surface area contributed by atoms with Crippen LogP contribution in [-0.2, 0) is 11.2 Å². The molecule has 20 heavy (non-hydrogen) atoms. The van der Waals surface area contributed by atoms with Crippen molar-refractivity contribution in [2.45, 2.75) is 18.9 Å². The first-order valence-corrected chi connectivity index (χ1v) is 6.52. The van der Waals surface area contributed by atoms with E-state index in [0.717, 1.165) is 12.1 Å². The Hall–Kier alpha value is -1.53. The van der Waals surface area contributed by atoms with Gasteiger partial charge in [0.05, 0.1) is 12.5 Å². The molecule has 0 unspecified atom stereocenters. The van der Waals surface area contributed by atoms with Gasteiger partial charge in [0.15, 0.2) is 0 Å². The number of piperidine rings is 1. The number of likely N-dealkylation sites (tertiary alicyclic amines) is 1.